The van der Waals surface area contributed by atoms with Gasteiger partial charge in [-0.05, 0) is 98.6 Å². The molecule has 61 heavy (non-hydrogen) atoms. The molecule has 320 valence electrons. The fourth-order valence-electron chi connectivity index (χ4n) is 9.19. The standard InChI is InChI=1S/C46H54N8O7/c1-27(2)38(51-45(57)59-3)43(55)54-22-6-8-37(54)42-48-34-18-16-32-25-29(13-17-33(32)40(34)50-42)10-9-28-11-14-30(15-12-28)35-26-47-41(49-35)36-7-5-21-53(36)44(56)39(52-46(58)60-4)31-19-23-61-24-20-31/h11-15,17,25-27,31,36-39H,5-8,16,18-24H2,1-4H3,(H,47,49)(H,48,50)(H,51,57)(H,52,58). The van der Waals surface area contributed by atoms with Crippen molar-refractivity contribution in [1.29, 1.82) is 0 Å². The predicted molar refractivity (Wildman–Crippen MR) is 226 cm³/mol. The van der Waals surface area contributed by atoms with Crippen molar-refractivity contribution in [2.24, 2.45) is 11.8 Å². The number of H-pyrrole nitrogens is 2. The number of hydrogen-bond donors (Lipinski definition) is 4. The van der Waals surface area contributed by atoms with Gasteiger partial charge < -0.3 is 44.6 Å². The Hall–Kier alpha value is -6.14. The Labute approximate surface area is 355 Å². The van der Waals surface area contributed by atoms with Gasteiger partial charge in [-0.3, -0.25) is 9.59 Å². The maximum atomic E-state index is 13.9. The summed E-state index contributed by atoms with van der Waals surface area (Å²) in [5.74, 6) is 7.79. The lowest BCUT2D eigenvalue weighted by Crippen LogP contribution is -2.53. The third kappa shape index (κ3) is 8.86. The summed E-state index contributed by atoms with van der Waals surface area (Å²) in [6.07, 6.45) is 6.88. The maximum Gasteiger partial charge on any atom is 0.407 e. The van der Waals surface area contributed by atoms with Gasteiger partial charge in [-0.1, -0.05) is 43.9 Å². The van der Waals surface area contributed by atoms with Crippen LogP contribution >= 0.6 is 0 Å². The smallest absolute Gasteiger partial charge is 0.407 e. The summed E-state index contributed by atoms with van der Waals surface area (Å²) in [7, 11) is 2.60. The first-order chi connectivity index (χ1) is 29.6. The largest absolute Gasteiger partial charge is 0.453 e. The van der Waals surface area contributed by atoms with E-state index in [4.69, 9.17) is 24.2 Å². The molecule has 4 N–H and O–H groups in total. The van der Waals surface area contributed by atoms with Crippen LogP contribution in [0.25, 0.3) is 22.5 Å². The molecule has 2 aromatic carbocycles. The number of nitrogens with zero attached hydrogens (tertiary/aromatic N) is 4. The molecule has 4 aliphatic rings. The highest BCUT2D eigenvalue weighted by Gasteiger charge is 2.41. The van der Waals surface area contributed by atoms with Crippen LogP contribution in [-0.2, 0) is 36.6 Å². The minimum atomic E-state index is -0.685. The van der Waals surface area contributed by atoms with Gasteiger partial charge in [0.05, 0.1) is 43.9 Å². The number of rotatable bonds is 9. The van der Waals surface area contributed by atoms with Crippen molar-refractivity contribution in [2.75, 3.05) is 40.5 Å². The highest BCUT2D eigenvalue weighted by molar-refractivity contribution is 5.87. The summed E-state index contributed by atoms with van der Waals surface area (Å²) in [5, 5.41) is 5.53. The molecular formula is C46H54N8O7. The first-order valence-corrected chi connectivity index (χ1v) is 21.4. The summed E-state index contributed by atoms with van der Waals surface area (Å²) in [6, 6.07) is 12.5. The van der Waals surface area contributed by atoms with Gasteiger partial charge in [-0.15, -0.1) is 0 Å². The Morgan fingerprint density at radius 1 is 0.803 bits per heavy atom. The number of ether oxygens (including phenoxy) is 3. The number of alkyl carbamates (subject to hydrolysis) is 2. The van der Waals surface area contributed by atoms with Crippen LogP contribution in [0.2, 0.25) is 0 Å². The van der Waals surface area contributed by atoms with Gasteiger partial charge in [0.2, 0.25) is 11.8 Å². The van der Waals surface area contributed by atoms with Crippen molar-refractivity contribution in [3.8, 4) is 34.4 Å². The number of aromatic amines is 2. The topological polar surface area (TPSA) is 184 Å². The molecule has 1 aliphatic carbocycles. The van der Waals surface area contributed by atoms with E-state index in [0.717, 1.165) is 89.5 Å². The molecule has 0 radical (unpaired) electrons. The van der Waals surface area contributed by atoms with Gasteiger partial charge in [0.15, 0.2) is 0 Å². The highest BCUT2D eigenvalue weighted by atomic mass is 16.5. The van der Waals surface area contributed by atoms with Gasteiger partial charge >= 0.3 is 12.2 Å². The fraction of sp³-hybridized carbons (Fsp3) is 0.478. The molecule has 0 bridgehead atoms. The molecule has 2 aromatic heterocycles. The minimum absolute atomic E-state index is 0.0280. The molecule has 15 nitrogen and oxygen atoms in total. The van der Waals surface area contributed by atoms with Crippen LogP contribution in [0.4, 0.5) is 9.59 Å². The summed E-state index contributed by atoms with van der Waals surface area (Å²) in [5.41, 5.74) is 7.85. The van der Waals surface area contributed by atoms with Crippen molar-refractivity contribution >= 4 is 24.0 Å². The summed E-state index contributed by atoms with van der Waals surface area (Å²) < 4.78 is 15.2. The van der Waals surface area contributed by atoms with E-state index in [-0.39, 0.29) is 35.7 Å². The SMILES string of the molecule is COC(=O)NC(C(=O)N1CCCC1c1nc2c([nH]1)CCc1cc(C#Cc3ccc(-c4cnc(C5CCCN5C(=O)C(NC(=O)OC)C5CCOCC5)[nH]4)cc3)ccc1-2)C(C)C. The third-order valence-corrected chi connectivity index (χ3v) is 12.5. The first-order valence-electron chi connectivity index (χ1n) is 21.4. The number of imidazole rings is 2. The second-order valence-corrected chi connectivity index (χ2v) is 16.6. The monoisotopic (exact) mass is 830 g/mol. The van der Waals surface area contributed by atoms with E-state index in [1.165, 1.54) is 19.8 Å². The average Bonchev–Trinajstić information content (AvgIpc) is 4.13. The van der Waals surface area contributed by atoms with Crippen LogP contribution in [-0.4, -0.2) is 106 Å². The second-order valence-electron chi connectivity index (χ2n) is 16.6. The molecule has 8 rings (SSSR count). The third-order valence-electron chi connectivity index (χ3n) is 12.5. The summed E-state index contributed by atoms with van der Waals surface area (Å²) in [4.78, 5) is 72.4. The minimum Gasteiger partial charge on any atom is -0.453 e. The van der Waals surface area contributed by atoms with Crippen molar-refractivity contribution in [1.82, 2.24) is 40.4 Å². The second kappa shape index (κ2) is 18.2. The molecule has 3 aliphatic heterocycles. The lowest BCUT2D eigenvalue weighted by atomic mass is 9.90. The molecule has 4 amide bonds. The number of methoxy groups -OCH3 is 2. The molecule has 4 unspecified atom stereocenters. The Bertz CT molecular complexity index is 2320. The van der Waals surface area contributed by atoms with Gasteiger partial charge in [0.1, 0.15) is 23.7 Å². The van der Waals surface area contributed by atoms with Crippen LogP contribution in [0.5, 0.6) is 0 Å². The number of carbonyl (C=O) groups is 4. The number of likely N-dealkylation sites (tertiary alicyclic amines) is 2. The molecule has 4 aromatic rings. The Morgan fingerprint density at radius 3 is 2.16 bits per heavy atom. The van der Waals surface area contributed by atoms with Gasteiger partial charge in [-0.2, -0.15) is 0 Å². The van der Waals surface area contributed by atoms with Crippen LogP contribution in [0.15, 0.2) is 48.7 Å². The quantitative estimate of drug-likeness (QED) is 0.151. The number of amides is 4. The van der Waals surface area contributed by atoms with Gasteiger partial charge in [0.25, 0.3) is 0 Å². The first kappa shape index (κ1) is 41.6. The molecule has 4 atom stereocenters. The lowest BCUT2D eigenvalue weighted by Gasteiger charge is -2.34. The van der Waals surface area contributed by atoms with Crippen molar-refractivity contribution in [3.63, 3.8) is 0 Å². The molecule has 15 heteroatoms. The van der Waals surface area contributed by atoms with Crippen molar-refractivity contribution < 1.29 is 33.4 Å². The molecule has 3 fully saturated rings. The van der Waals surface area contributed by atoms with E-state index in [2.05, 4.69) is 44.6 Å². The zero-order chi connectivity index (χ0) is 42.6. The van der Waals surface area contributed by atoms with Crippen LogP contribution in [0, 0.1) is 23.7 Å². The molecular weight excluding hydrogens is 777 g/mol. The lowest BCUT2D eigenvalue weighted by molar-refractivity contribution is -0.137. The van der Waals surface area contributed by atoms with Crippen molar-refractivity contribution in [2.45, 2.75) is 89.4 Å². The number of fused-ring (bicyclic) bond motifs is 3. The molecule has 5 heterocycles. The number of nitrogens with one attached hydrogen (secondary N) is 4. The zero-order valence-corrected chi connectivity index (χ0v) is 35.2. The zero-order valence-electron chi connectivity index (χ0n) is 35.2. The van der Waals surface area contributed by atoms with Gasteiger partial charge in [-0.25, -0.2) is 19.6 Å². The number of hydrogen-bond acceptors (Lipinski definition) is 9. The molecule has 0 spiro atoms. The van der Waals surface area contributed by atoms with E-state index >= 15 is 0 Å². The Balaban J connectivity index is 0.925. The number of carbonyl (C=O) groups excluding carboxylic acids is 4. The van der Waals surface area contributed by atoms with E-state index in [1.807, 2.05) is 54.0 Å². The normalized spacial score (nSPS) is 19.6. The number of benzene rings is 2. The van der Waals surface area contributed by atoms with E-state index in [9.17, 15) is 19.2 Å². The Kier molecular flexibility index (Phi) is 12.4. The average molecular weight is 831 g/mol. The van der Waals surface area contributed by atoms with Crippen LogP contribution < -0.4 is 10.6 Å². The van der Waals surface area contributed by atoms with Gasteiger partial charge in [0, 0.05) is 48.7 Å². The number of aryl methyl sites for hydroxylation is 2. The van der Waals surface area contributed by atoms with Crippen LogP contribution in [0.1, 0.15) is 98.5 Å². The summed E-state index contributed by atoms with van der Waals surface area (Å²) in [6.45, 7) is 6.13. The maximum absolute atomic E-state index is 13.9. The molecule has 3 saturated heterocycles. The summed E-state index contributed by atoms with van der Waals surface area (Å²) >= 11 is 0. The van der Waals surface area contributed by atoms with E-state index in [1.54, 1.807) is 6.20 Å². The highest BCUT2D eigenvalue weighted by Crippen LogP contribution is 2.38. The molecule has 0 saturated carbocycles. The van der Waals surface area contributed by atoms with Crippen LogP contribution in [0.3, 0.4) is 0 Å². The van der Waals surface area contributed by atoms with Crippen molar-refractivity contribution in [3.05, 3.63) is 82.7 Å². The van der Waals surface area contributed by atoms with E-state index in [0.29, 0.717) is 39.1 Å². The predicted octanol–water partition coefficient (Wildman–Crippen LogP) is 5.82. The Morgan fingerprint density at radius 2 is 1.46 bits per heavy atom. The fourth-order valence-corrected chi connectivity index (χ4v) is 9.19. The van der Waals surface area contributed by atoms with E-state index < -0.39 is 24.3 Å². The number of aromatic nitrogens is 4.